The highest BCUT2D eigenvalue weighted by Gasteiger charge is 2.19. The largest absolute Gasteiger partial charge is 0.508 e. The molecule has 1 atom stereocenters. The van der Waals surface area contributed by atoms with E-state index in [2.05, 4.69) is 46.0 Å². The molecule has 2 aromatic rings. The molecule has 0 aromatic heterocycles. The van der Waals surface area contributed by atoms with Crippen molar-refractivity contribution in [3.63, 3.8) is 0 Å². The maximum atomic E-state index is 9.74. The number of ether oxygens (including phenoxy) is 1. The number of nitrogens with zero attached hydrogens (tertiary/aromatic N) is 1. The standard InChI is InChI=1S/C17H18BrNO2/c1-12-9-13-10-14(18)5-6-17(13)19(7-8-21-12)15-3-2-4-16(20)11-15/h2-6,10-12,20H,7-9H2,1H3. The van der Waals surface area contributed by atoms with Gasteiger partial charge in [0.05, 0.1) is 12.7 Å². The molecule has 1 aliphatic rings. The fourth-order valence-corrected chi connectivity index (χ4v) is 3.15. The Morgan fingerprint density at radius 3 is 2.90 bits per heavy atom. The highest BCUT2D eigenvalue weighted by molar-refractivity contribution is 9.10. The van der Waals surface area contributed by atoms with E-state index >= 15 is 0 Å². The van der Waals surface area contributed by atoms with Gasteiger partial charge in [0, 0.05) is 34.9 Å². The molecule has 3 rings (SSSR count). The minimum atomic E-state index is 0.212. The molecule has 3 nitrogen and oxygen atoms in total. The van der Waals surface area contributed by atoms with Crippen molar-refractivity contribution in [3.05, 3.63) is 52.5 Å². The van der Waals surface area contributed by atoms with Gasteiger partial charge in [0.15, 0.2) is 0 Å². The van der Waals surface area contributed by atoms with Gasteiger partial charge in [-0.05, 0) is 42.8 Å². The quantitative estimate of drug-likeness (QED) is 0.836. The summed E-state index contributed by atoms with van der Waals surface area (Å²) in [6.07, 6.45) is 1.09. The molecule has 0 aliphatic carbocycles. The van der Waals surface area contributed by atoms with E-state index < -0.39 is 0 Å². The van der Waals surface area contributed by atoms with Gasteiger partial charge in [0.1, 0.15) is 5.75 Å². The number of phenolic OH excluding ortho intramolecular Hbond substituents is 1. The zero-order chi connectivity index (χ0) is 14.8. The van der Waals surface area contributed by atoms with Crippen LogP contribution in [0, 0.1) is 0 Å². The Morgan fingerprint density at radius 1 is 1.24 bits per heavy atom. The lowest BCUT2D eigenvalue weighted by atomic mass is 10.0. The number of fused-ring (bicyclic) bond motifs is 1. The van der Waals surface area contributed by atoms with E-state index in [4.69, 9.17) is 4.74 Å². The van der Waals surface area contributed by atoms with Gasteiger partial charge in [-0.3, -0.25) is 0 Å². The van der Waals surface area contributed by atoms with Crippen molar-refractivity contribution in [3.8, 4) is 5.75 Å². The maximum absolute atomic E-state index is 9.74. The zero-order valence-electron chi connectivity index (χ0n) is 11.9. The van der Waals surface area contributed by atoms with Gasteiger partial charge in [-0.1, -0.05) is 22.0 Å². The number of halogens is 1. The van der Waals surface area contributed by atoms with Gasteiger partial charge < -0.3 is 14.7 Å². The summed E-state index contributed by atoms with van der Waals surface area (Å²) in [4.78, 5) is 2.20. The Kier molecular flexibility index (Phi) is 4.17. The van der Waals surface area contributed by atoms with Crippen molar-refractivity contribution in [1.29, 1.82) is 0 Å². The summed E-state index contributed by atoms with van der Waals surface area (Å²) in [6, 6.07) is 13.7. The lowest BCUT2D eigenvalue weighted by Gasteiger charge is -2.31. The van der Waals surface area contributed by atoms with Gasteiger partial charge in [0.2, 0.25) is 0 Å². The lowest BCUT2D eigenvalue weighted by Crippen LogP contribution is -2.29. The van der Waals surface area contributed by atoms with Crippen LogP contribution in [0.1, 0.15) is 12.5 Å². The molecule has 21 heavy (non-hydrogen) atoms. The number of hydrogen-bond donors (Lipinski definition) is 1. The third kappa shape index (κ3) is 3.22. The van der Waals surface area contributed by atoms with E-state index in [0.29, 0.717) is 6.61 Å². The van der Waals surface area contributed by atoms with Crippen LogP contribution in [0.2, 0.25) is 0 Å². The predicted molar refractivity (Wildman–Crippen MR) is 88.4 cm³/mol. The molecular weight excluding hydrogens is 330 g/mol. The molecular formula is C17H18BrNO2. The summed E-state index contributed by atoms with van der Waals surface area (Å²) in [5.74, 6) is 0.280. The second-order valence-electron chi connectivity index (χ2n) is 5.33. The lowest BCUT2D eigenvalue weighted by molar-refractivity contribution is 0.0703. The first kappa shape index (κ1) is 14.4. The first-order chi connectivity index (χ1) is 10.1. The van der Waals surface area contributed by atoms with Gasteiger partial charge in [-0.2, -0.15) is 0 Å². The maximum Gasteiger partial charge on any atom is 0.117 e. The first-order valence-corrected chi connectivity index (χ1v) is 7.89. The second kappa shape index (κ2) is 6.08. The van der Waals surface area contributed by atoms with Gasteiger partial charge >= 0.3 is 0 Å². The second-order valence-corrected chi connectivity index (χ2v) is 6.25. The topological polar surface area (TPSA) is 32.7 Å². The van der Waals surface area contributed by atoms with Gasteiger partial charge in [-0.25, -0.2) is 0 Å². The van der Waals surface area contributed by atoms with E-state index in [1.807, 2.05) is 12.1 Å². The van der Waals surface area contributed by atoms with Crippen LogP contribution >= 0.6 is 15.9 Å². The third-order valence-electron chi connectivity index (χ3n) is 3.70. The van der Waals surface area contributed by atoms with Crippen LogP contribution in [0.3, 0.4) is 0 Å². The van der Waals surface area contributed by atoms with E-state index in [9.17, 15) is 5.11 Å². The van der Waals surface area contributed by atoms with Crippen LogP contribution in [0.5, 0.6) is 5.75 Å². The summed E-state index contributed by atoms with van der Waals surface area (Å²) in [7, 11) is 0. The molecule has 0 saturated carbocycles. The predicted octanol–water partition coefficient (Wildman–Crippen LogP) is 4.25. The smallest absolute Gasteiger partial charge is 0.117 e. The number of hydrogen-bond acceptors (Lipinski definition) is 3. The first-order valence-electron chi connectivity index (χ1n) is 7.10. The van der Waals surface area contributed by atoms with Crippen molar-refractivity contribution in [2.75, 3.05) is 18.1 Å². The Bertz CT molecular complexity index is 644. The third-order valence-corrected chi connectivity index (χ3v) is 4.19. The summed E-state index contributed by atoms with van der Waals surface area (Å²) in [5.41, 5.74) is 3.41. The summed E-state index contributed by atoms with van der Waals surface area (Å²) in [6.45, 7) is 3.55. The molecule has 0 fully saturated rings. The van der Waals surface area contributed by atoms with Crippen LogP contribution in [0.4, 0.5) is 11.4 Å². The normalized spacial score (nSPS) is 18.8. The number of phenols is 1. The molecule has 0 bridgehead atoms. The number of rotatable bonds is 1. The minimum Gasteiger partial charge on any atom is -0.508 e. The minimum absolute atomic E-state index is 0.212. The average molecular weight is 348 g/mol. The highest BCUT2D eigenvalue weighted by atomic mass is 79.9. The van der Waals surface area contributed by atoms with Crippen molar-refractivity contribution in [1.82, 2.24) is 0 Å². The van der Waals surface area contributed by atoms with Crippen LogP contribution < -0.4 is 4.90 Å². The summed E-state index contributed by atoms with van der Waals surface area (Å²) >= 11 is 3.54. The van der Waals surface area contributed by atoms with Crippen LogP contribution in [-0.4, -0.2) is 24.4 Å². The molecule has 1 N–H and O–H groups in total. The van der Waals surface area contributed by atoms with Crippen molar-refractivity contribution in [2.24, 2.45) is 0 Å². The number of aromatic hydroxyl groups is 1. The molecule has 110 valence electrons. The summed E-state index contributed by atoms with van der Waals surface area (Å²) < 4.78 is 6.92. The number of anilines is 2. The van der Waals surface area contributed by atoms with E-state index in [0.717, 1.165) is 23.1 Å². The highest BCUT2D eigenvalue weighted by Crippen LogP contribution is 2.34. The molecule has 2 aromatic carbocycles. The van der Waals surface area contributed by atoms with E-state index in [1.165, 1.54) is 11.3 Å². The fraction of sp³-hybridized carbons (Fsp3) is 0.294. The van der Waals surface area contributed by atoms with E-state index in [1.54, 1.807) is 12.1 Å². The van der Waals surface area contributed by atoms with Crippen LogP contribution in [0.25, 0.3) is 0 Å². The van der Waals surface area contributed by atoms with Gasteiger partial charge in [-0.15, -0.1) is 0 Å². The van der Waals surface area contributed by atoms with Crippen molar-refractivity contribution in [2.45, 2.75) is 19.4 Å². The molecule has 1 aliphatic heterocycles. The molecule has 1 unspecified atom stereocenters. The van der Waals surface area contributed by atoms with Crippen LogP contribution in [0.15, 0.2) is 46.9 Å². The zero-order valence-corrected chi connectivity index (χ0v) is 13.5. The monoisotopic (exact) mass is 347 g/mol. The fourth-order valence-electron chi connectivity index (χ4n) is 2.74. The Balaban J connectivity index is 2.07. The van der Waals surface area contributed by atoms with E-state index in [-0.39, 0.29) is 11.9 Å². The average Bonchev–Trinajstić information content (AvgIpc) is 2.43. The Hall–Kier alpha value is -1.52. The Morgan fingerprint density at radius 2 is 2.10 bits per heavy atom. The summed E-state index contributed by atoms with van der Waals surface area (Å²) in [5, 5.41) is 9.74. The van der Waals surface area contributed by atoms with Crippen molar-refractivity contribution >= 4 is 27.3 Å². The van der Waals surface area contributed by atoms with Crippen LogP contribution in [-0.2, 0) is 11.2 Å². The molecule has 0 radical (unpaired) electrons. The molecule has 0 amide bonds. The molecule has 1 heterocycles. The number of benzene rings is 2. The molecule has 4 heteroatoms. The van der Waals surface area contributed by atoms with Gasteiger partial charge in [0.25, 0.3) is 0 Å². The Labute approximate surface area is 133 Å². The molecule has 0 spiro atoms. The SMILES string of the molecule is CC1Cc2cc(Br)ccc2N(c2cccc(O)c2)CCO1. The molecule has 0 saturated heterocycles. The van der Waals surface area contributed by atoms with Crippen molar-refractivity contribution < 1.29 is 9.84 Å².